The molecule has 0 unspecified atom stereocenters. The molecule has 5 heteroatoms. The summed E-state index contributed by atoms with van der Waals surface area (Å²) in [5, 5.41) is 8.02. The second-order valence-corrected chi connectivity index (χ2v) is 4.97. The SMILES string of the molecule is O=C(NCCC1=CCCCC1)Nc1nccs1. The second kappa shape index (κ2) is 6.39. The van der Waals surface area contributed by atoms with Crippen LogP contribution in [0.5, 0.6) is 0 Å². The normalized spacial score (nSPS) is 15.2. The van der Waals surface area contributed by atoms with Gasteiger partial charge in [-0.05, 0) is 32.1 Å². The van der Waals surface area contributed by atoms with Crippen LogP contribution in [0.3, 0.4) is 0 Å². The Bertz CT molecular complexity index is 386. The average molecular weight is 251 g/mol. The van der Waals surface area contributed by atoms with Crippen molar-refractivity contribution in [3.05, 3.63) is 23.2 Å². The molecule has 0 radical (unpaired) electrons. The van der Waals surface area contributed by atoms with E-state index in [0.717, 1.165) is 6.42 Å². The highest BCUT2D eigenvalue weighted by Gasteiger charge is 2.05. The third-order valence-corrected chi connectivity index (χ3v) is 3.46. The molecule has 1 aliphatic rings. The maximum Gasteiger partial charge on any atom is 0.321 e. The van der Waals surface area contributed by atoms with Crippen molar-refractivity contribution in [2.45, 2.75) is 32.1 Å². The molecule has 2 rings (SSSR count). The maximum atomic E-state index is 11.5. The number of allylic oxidation sites excluding steroid dienone is 1. The number of nitrogens with one attached hydrogen (secondary N) is 2. The molecule has 2 amide bonds. The Morgan fingerprint density at radius 2 is 2.41 bits per heavy atom. The van der Waals surface area contributed by atoms with E-state index >= 15 is 0 Å². The number of hydrogen-bond donors (Lipinski definition) is 2. The molecule has 1 aromatic rings. The second-order valence-electron chi connectivity index (χ2n) is 4.08. The molecule has 1 aromatic heterocycles. The first-order chi connectivity index (χ1) is 8.34. The fourth-order valence-electron chi connectivity index (χ4n) is 1.89. The smallest absolute Gasteiger partial charge is 0.321 e. The van der Waals surface area contributed by atoms with Crippen LogP contribution in [-0.2, 0) is 0 Å². The lowest BCUT2D eigenvalue weighted by atomic mass is 9.97. The molecule has 0 atom stereocenters. The lowest BCUT2D eigenvalue weighted by Crippen LogP contribution is -2.29. The number of aromatic nitrogens is 1. The van der Waals surface area contributed by atoms with Gasteiger partial charge in [0.15, 0.2) is 5.13 Å². The molecule has 0 spiro atoms. The molecular formula is C12H17N3OS. The number of thiazole rings is 1. The van der Waals surface area contributed by atoms with Gasteiger partial charge in [-0.25, -0.2) is 9.78 Å². The molecule has 0 saturated heterocycles. The minimum Gasteiger partial charge on any atom is -0.337 e. The summed E-state index contributed by atoms with van der Waals surface area (Å²) in [7, 11) is 0. The van der Waals surface area contributed by atoms with Crippen LogP contribution >= 0.6 is 11.3 Å². The summed E-state index contributed by atoms with van der Waals surface area (Å²) >= 11 is 1.42. The first-order valence-corrected chi connectivity index (χ1v) is 6.85. The van der Waals surface area contributed by atoms with Gasteiger partial charge in [0.1, 0.15) is 0 Å². The Hall–Kier alpha value is -1.36. The molecule has 0 fully saturated rings. The highest BCUT2D eigenvalue weighted by Crippen LogP contribution is 2.19. The highest BCUT2D eigenvalue weighted by atomic mass is 32.1. The Balaban J connectivity index is 1.64. The summed E-state index contributed by atoms with van der Waals surface area (Å²) in [5.74, 6) is 0. The van der Waals surface area contributed by atoms with Crippen molar-refractivity contribution in [3.8, 4) is 0 Å². The van der Waals surface area contributed by atoms with Crippen molar-refractivity contribution in [1.82, 2.24) is 10.3 Å². The van der Waals surface area contributed by atoms with Gasteiger partial charge >= 0.3 is 6.03 Å². The van der Waals surface area contributed by atoms with Gasteiger partial charge in [-0.3, -0.25) is 5.32 Å². The van der Waals surface area contributed by atoms with Crippen molar-refractivity contribution in [3.63, 3.8) is 0 Å². The minimum absolute atomic E-state index is 0.170. The first-order valence-electron chi connectivity index (χ1n) is 5.97. The Labute approximate surface area is 105 Å². The summed E-state index contributed by atoms with van der Waals surface area (Å²) in [6.07, 6.45) is 9.93. The van der Waals surface area contributed by atoms with Crippen molar-refractivity contribution in [1.29, 1.82) is 0 Å². The summed E-state index contributed by atoms with van der Waals surface area (Å²) in [6.45, 7) is 0.697. The molecule has 0 saturated carbocycles. The summed E-state index contributed by atoms with van der Waals surface area (Å²) in [4.78, 5) is 15.5. The first kappa shape index (κ1) is 12.1. The van der Waals surface area contributed by atoms with E-state index in [1.54, 1.807) is 6.20 Å². The number of nitrogens with zero attached hydrogens (tertiary/aromatic N) is 1. The van der Waals surface area contributed by atoms with Gasteiger partial charge in [0.05, 0.1) is 0 Å². The van der Waals surface area contributed by atoms with E-state index in [1.807, 2.05) is 5.38 Å². The number of anilines is 1. The number of urea groups is 1. The van der Waals surface area contributed by atoms with Crippen LogP contribution in [0, 0.1) is 0 Å². The Kier molecular flexibility index (Phi) is 4.55. The number of rotatable bonds is 4. The summed E-state index contributed by atoms with van der Waals surface area (Å²) in [6, 6.07) is -0.170. The lowest BCUT2D eigenvalue weighted by molar-refractivity contribution is 0.252. The fraction of sp³-hybridized carbons (Fsp3) is 0.500. The van der Waals surface area contributed by atoms with Gasteiger partial charge in [0, 0.05) is 18.1 Å². The third kappa shape index (κ3) is 4.19. The van der Waals surface area contributed by atoms with Crippen molar-refractivity contribution < 1.29 is 4.79 Å². The van der Waals surface area contributed by atoms with Gasteiger partial charge in [-0.1, -0.05) is 11.6 Å². The number of hydrogen-bond acceptors (Lipinski definition) is 3. The standard InChI is InChI=1S/C12H17N3OS/c16-11(15-12-14-8-9-17-12)13-7-6-10-4-2-1-3-5-10/h4,8-9H,1-3,5-7H2,(H2,13,14,15,16). The number of carbonyl (C=O) groups is 1. The predicted molar refractivity (Wildman–Crippen MR) is 70.3 cm³/mol. The van der Waals surface area contributed by atoms with Crippen LogP contribution < -0.4 is 10.6 Å². The van der Waals surface area contributed by atoms with E-state index in [2.05, 4.69) is 21.7 Å². The minimum atomic E-state index is -0.170. The Morgan fingerprint density at radius 3 is 3.12 bits per heavy atom. The molecule has 0 bridgehead atoms. The molecule has 92 valence electrons. The number of amides is 2. The zero-order valence-electron chi connectivity index (χ0n) is 9.74. The molecular weight excluding hydrogens is 234 g/mol. The largest absolute Gasteiger partial charge is 0.337 e. The summed E-state index contributed by atoms with van der Waals surface area (Å²) in [5.41, 5.74) is 1.48. The monoisotopic (exact) mass is 251 g/mol. The van der Waals surface area contributed by atoms with E-state index in [9.17, 15) is 4.79 Å². The van der Waals surface area contributed by atoms with Crippen LogP contribution in [-0.4, -0.2) is 17.6 Å². The maximum absolute atomic E-state index is 11.5. The van der Waals surface area contributed by atoms with Crippen LogP contribution in [0.25, 0.3) is 0 Å². The lowest BCUT2D eigenvalue weighted by Gasteiger charge is -2.12. The van der Waals surface area contributed by atoms with Gasteiger partial charge in [-0.15, -0.1) is 11.3 Å². The van der Waals surface area contributed by atoms with Gasteiger partial charge in [0.2, 0.25) is 0 Å². The molecule has 17 heavy (non-hydrogen) atoms. The molecule has 2 N–H and O–H groups in total. The van der Waals surface area contributed by atoms with E-state index < -0.39 is 0 Å². The van der Waals surface area contributed by atoms with Crippen LogP contribution in [0.4, 0.5) is 9.93 Å². The zero-order valence-corrected chi connectivity index (χ0v) is 10.6. The summed E-state index contributed by atoms with van der Waals surface area (Å²) < 4.78 is 0. The third-order valence-electron chi connectivity index (χ3n) is 2.77. The highest BCUT2D eigenvalue weighted by molar-refractivity contribution is 7.13. The van der Waals surface area contributed by atoms with Gasteiger partial charge in [0.25, 0.3) is 0 Å². The average Bonchev–Trinajstić information content (AvgIpc) is 2.83. The van der Waals surface area contributed by atoms with E-state index in [0.29, 0.717) is 11.7 Å². The predicted octanol–water partition coefficient (Wildman–Crippen LogP) is 3.16. The van der Waals surface area contributed by atoms with Gasteiger partial charge in [-0.2, -0.15) is 0 Å². The number of carbonyl (C=O) groups excluding carboxylic acids is 1. The molecule has 4 nitrogen and oxygen atoms in total. The van der Waals surface area contributed by atoms with Crippen LogP contribution in [0.2, 0.25) is 0 Å². The van der Waals surface area contributed by atoms with E-state index in [-0.39, 0.29) is 6.03 Å². The quantitative estimate of drug-likeness (QED) is 0.808. The molecule has 1 heterocycles. The Morgan fingerprint density at radius 1 is 1.47 bits per heavy atom. The van der Waals surface area contributed by atoms with Crippen LogP contribution in [0.15, 0.2) is 23.2 Å². The molecule has 0 aliphatic heterocycles. The van der Waals surface area contributed by atoms with E-state index in [4.69, 9.17) is 0 Å². The van der Waals surface area contributed by atoms with Crippen molar-refractivity contribution >= 4 is 22.5 Å². The van der Waals surface area contributed by atoms with Gasteiger partial charge < -0.3 is 5.32 Å². The molecule has 1 aliphatic carbocycles. The van der Waals surface area contributed by atoms with Crippen molar-refractivity contribution in [2.75, 3.05) is 11.9 Å². The molecule has 0 aromatic carbocycles. The van der Waals surface area contributed by atoms with Crippen LogP contribution in [0.1, 0.15) is 32.1 Å². The van der Waals surface area contributed by atoms with Crippen molar-refractivity contribution in [2.24, 2.45) is 0 Å². The topological polar surface area (TPSA) is 54.0 Å². The fourth-order valence-corrected chi connectivity index (χ4v) is 2.42. The van der Waals surface area contributed by atoms with E-state index in [1.165, 1.54) is 42.6 Å². The zero-order chi connectivity index (χ0) is 11.9.